The van der Waals surface area contributed by atoms with Gasteiger partial charge in [-0.25, -0.2) is 19.1 Å². The van der Waals surface area contributed by atoms with Crippen LogP contribution >= 0.6 is 11.3 Å². The summed E-state index contributed by atoms with van der Waals surface area (Å²) in [4.78, 5) is 41.2. The predicted molar refractivity (Wildman–Crippen MR) is 100 cm³/mol. The van der Waals surface area contributed by atoms with Gasteiger partial charge in [0.15, 0.2) is 5.13 Å². The van der Waals surface area contributed by atoms with Crippen molar-refractivity contribution in [3.63, 3.8) is 0 Å². The molecule has 0 radical (unpaired) electrons. The van der Waals surface area contributed by atoms with Crippen LogP contribution in [-0.2, 0) is 9.59 Å². The second-order valence-corrected chi connectivity index (χ2v) is 6.87. The number of nitrogens with one attached hydrogen (secondary N) is 2. The maximum absolute atomic E-state index is 13.6. The molecule has 0 aliphatic carbocycles. The summed E-state index contributed by atoms with van der Waals surface area (Å²) in [5.41, 5.74) is 1.16. The first-order valence-corrected chi connectivity index (χ1v) is 8.92. The maximum atomic E-state index is 13.6. The van der Waals surface area contributed by atoms with Gasteiger partial charge in [-0.15, -0.1) is 0 Å². The van der Waals surface area contributed by atoms with Crippen molar-refractivity contribution in [3.05, 3.63) is 48.3 Å². The van der Waals surface area contributed by atoms with E-state index in [-0.39, 0.29) is 30.3 Å². The molecule has 7 nitrogen and oxygen atoms in total. The normalized spacial score (nSPS) is 14.0. The summed E-state index contributed by atoms with van der Waals surface area (Å²) >= 11 is 1.19. The molecule has 0 saturated carbocycles. The monoisotopic (exact) mass is 384 g/mol. The smallest absolute Gasteiger partial charge is 0.308 e. The number of carbonyl (C=O) groups is 3. The fourth-order valence-electron chi connectivity index (χ4n) is 2.72. The number of thiazole rings is 1. The molecule has 1 fully saturated rings. The van der Waals surface area contributed by atoms with Crippen LogP contribution in [0, 0.1) is 5.82 Å². The number of halogens is 1. The van der Waals surface area contributed by atoms with Crippen molar-refractivity contribution in [1.82, 2.24) is 4.98 Å². The zero-order valence-electron chi connectivity index (χ0n) is 13.9. The first-order chi connectivity index (χ1) is 13.0. The van der Waals surface area contributed by atoms with Gasteiger partial charge in [0.1, 0.15) is 5.82 Å². The number of anilines is 3. The number of para-hydroxylation sites is 1. The van der Waals surface area contributed by atoms with Gasteiger partial charge in [0, 0.05) is 18.5 Å². The van der Waals surface area contributed by atoms with E-state index in [4.69, 9.17) is 0 Å². The molecule has 9 heteroatoms. The SMILES string of the molecule is O=C(Nc1ccc2nc(N3C(=O)CCC3=O)sc2c1)Nc1ccccc1F. The summed E-state index contributed by atoms with van der Waals surface area (Å²) < 4.78 is 14.3. The average Bonchev–Trinajstić information content (AvgIpc) is 3.19. The van der Waals surface area contributed by atoms with E-state index in [2.05, 4.69) is 15.6 Å². The Hall–Kier alpha value is -3.33. The van der Waals surface area contributed by atoms with Crippen molar-refractivity contribution in [2.24, 2.45) is 0 Å². The summed E-state index contributed by atoms with van der Waals surface area (Å²) in [7, 11) is 0. The molecule has 1 saturated heterocycles. The van der Waals surface area contributed by atoms with Crippen LogP contribution in [-0.4, -0.2) is 22.8 Å². The van der Waals surface area contributed by atoms with Crippen LogP contribution in [0.25, 0.3) is 10.2 Å². The van der Waals surface area contributed by atoms with E-state index in [1.165, 1.54) is 29.5 Å². The van der Waals surface area contributed by atoms with E-state index >= 15 is 0 Å². The van der Waals surface area contributed by atoms with Gasteiger partial charge in [0.25, 0.3) is 0 Å². The van der Waals surface area contributed by atoms with Gasteiger partial charge in [-0.1, -0.05) is 23.5 Å². The fourth-order valence-corrected chi connectivity index (χ4v) is 3.76. The molecule has 0 spiro atoms. The molecule has 1 aliphatic heterocycles. The summed E-state index contributed by atoms with van der Waals surface area (Å²) in [6.45, 7) is 0. The van der Waals surface area contributed by atoms with E-state index in [0.717, 1.165) is 4.90 Å². The molecule has 4 rings (SSSR count). The quantitative estimate of drug-likeness (QED) is 0.673. The molecule has 136 valence electrons. The molecular weight excluding hydrogens is 371 g/mol. The Kier molecular flexibility index (Phi) is 4.28. The van der Waals surface area contributed by atoms with Crippen LogP contribution in [0.5, 0.6) is 0 Å². The van der Waals surface area contributed by atoms with Crippen LogP contribution in [0.2, 0.25) is 0 Å². The number of hydrogen-bond donors (Lipinski definition) is 2. The lowest BCUT2D eigenvalue weighted by atomic mass is 10.3. The summed E-state index contributed by atoms with van der Waals surface area (Å²) in [6, 6.07) is 10.3. The van der Waals surface area contributed by atoms with Crippen molar-refractivity contribution in [3.8, 4) is 0 Å². The highest BCUT2D eigenvalue weighted by molar-refractivity contribution is 7.22. The number of urea groups is 1. The first kappa shape index (κ1) is 17.1. The number of benzene rings is 2. The number of aromatic nitrogens is 1. The Morgan fingerprint density at radius 3 is 2.56 bits per heavy atom. The van der Waals surface area contributed by atoms with E-state index in [1.807, 2.05) is 0 Å². The molecule has 4 amide bonds. The van der Waals surface area contributed by atoms with Gasteiger partial charge in [0.2, 0.25) is 11.8 Å². The van der Waals surface area contributed by atoms with Crippen LogP contribution in [0.4, 0.5) is 25.7 Å². The highest BCUT2D eigenvalue weighted by Gasteiger charge is 2.32. The molecule has 0 atom stereocenters. The van der Waals surface area contributed by atoms with E-state index in [1.54, 1.807) is 24.3 Å². The van der Waals surface area contributed by atoms with Crippen molar-refractivity contribution in [1.29, 1.82) is 0 Å². The van der Waals surface area contributed by atoms with Crippen molar-refractivity contribution in [2.45, 2.75) is 12.8 Å². The summed E-state index contributed by atoms with van der Waals surface area (Å²) in [6.07, 6.45) is 0.384. The third kappa shape index (κ3) is 3.36. The molecule has 27 heavy (non-hydrogen) atoms. The number of carbonyl (C=O) groups excluding carboxylic acids is 3. The van der Waals surface area contributed by atoms with Crippen LogP contribution in [0.3, 0.4) is 0 Å². The van der Waals surface area contributed by atoms with Crippen LogP contribution in [0.1, 0.15) is 12.8 Å². The number of hydrogen-bond acceptors (Lipinski definition) is 5. The molecule has 1 aromatic heterocycles. The van der Waals surface area contributed by atoms with Gasteiger partial charge in [0.05, 0.1) is 15.9 Å². The second kappa shape index (κ2) is 6.76. The van der Waals surface area contributed by atoms with Gasteiger partial charge < -0.3 is 10.6 Å². The Bertz CT molecular complexity index is 1070. The Morgan fingerprint density at radius 1 is 1.07 bits per heavy atom. The third-order valence-electron chi connectivity index (χ3n) is 4.00. The molecule has 3 aromatic rings. The minimum absolute atomic E-state index is 0.0715. The van der Waals surface area contributed by atoms with Crippen LogP contribution in [0.15, 0.2) is 42.5 Å². The summed E-state index contributed by atoms with van der Waals surface area (Å²) in [5, 5.41) is 5.38. The molecule has 0 bridgehead atoms. The van der Waals surface area contributed by atoms with Crippen molar-refractivity contribution >= 4 is 55.9 Å². The number of rotatable bonds is 3. The topological polar surface area (TPSA) is 91.4 Å². The number of amides is 4. The van der Waals surface area contributed by atoms with Crippen molar-refractivity contribution in [2.75, 3.05) is 15.5 Å². The average molecular weight is 384 g/mol. The van der Waals surface area contributed by atoms with Crippen molar-refractivity contribution < 1.29 is 18.8 Å². The maximum Gasteiger partial charge on any atom is 0.323 e. The predicted octanol–water partition coefficient (Wildman–Crippen LogP) is 3.73. The minimum atomic E-state index is -0.589. The van der Waals surface area contributed by atoms with Gasteiger partial charge >= 0.3 is 6.03 Å². The second-order valence-electron chi connectivity index (χ2n) is 5.86. The molecule has 2 heterocycles. The molecule has 2 N–H and O–H groups in total. The highest BCUT2D eigenvalue weighted by atomic mass is 32.1. The Balaban J connectivity index is 1.53. The zero-order valence-corrected chi connectivity index (χ0v) is 14.7. The molecular formula is C18H13FN4O3S. The lowest BCUT2D eigenvalue weighted by Gasteiger charge is -2.08. The highest BCUT2D eigenvalue weighted by Crippen LogP contribution is 2.33. The van der Waals surface area contributed by atoms with Gasteiger partial charge in [-0.05, 0) is 30.3 Å². The van der Waals surface area contributed by atoms with E-state index in [9.17, 15) is 18.8 Å². The largest absolute Gasteiger partial charge is 0.323 e. The molecule has 2 aromatic carbocycles. The third-order valence-corrected chi connectivity index (χ3v) is 5.00. The first-order valence-electron chi connectivity index (χ1n) is 8.10. The molecule has 1 aliphatic rings. The Labute approximate surface area is 156 Å². The standard InChI is InChI=1S/C18H13FN4O3S/c19-11-3-1-2-4-12(11)21-17(26)20-10-5-6-13-14(9-10)27-18(22-13)23-15(24)7-8-16(23)25/h1-6,9H,7-8H2,(H2,20,21,26). The summed E-state index contributed by atoms with van der Waals surface area (Å²) in [5.74, 6) is -1.06. The lowest BCUT2D eigenvalue weighted by Crippen LogP contribution is -2.28. The van der Waals surface area contributed by atoms with Gasteiger partial charge in [-0.2, -0.15) is 0 Å². The lowest BCUT2D eigenvalue weighted by molar-refractivity contribution is -0.121. The number of imide groups is 1. The molecule has 0 unspecified atom stereocenters. The Morgan fingerprint density at radius 2 is 1.81 bits per heavy atom. The number of nitrogens with zero attached hydrogens (tertiary/aromatic N) is 2. The van der Waals surface area contributed by atoms with E-state index < -0.39 is 11.8 Å². The van der Waals surface area contributed by atoms with E-state index in [0.29, 0.717) is 21.0 Å². The fraction of sp³-hybridized carbons (Fsp3) is 0.111. The van der Waals surface area contributed by atoms with Crippen LogP contribution < -0.4 is 15.5 Å². The van der Waals surface area contributed by atoms with Gasteiger partial charge in [-0.3, -0.25) is 9.59 Å². The zero-order chi connectivity index (χ0) is 19.0. The minimum Gasteiger partial charge on any atom is -0.308 e. The number of fused-ring (bicyclic) bond motifs is 1.